The van der Waals surface area contributed by atoms with E-state index >= 15 is 0 Å². The van der Waals surface area contributed by atoms with Crippen molar-refractivity contribution in [3.63, 3.8) is 0 Å². The lowest BCUT2D eigenvalue weighted by atomic mass is 10.0. The van der Waals surface area contributed by atoms with Gasteiger partial charge in [-0.15, -0.1) is 0 Å². The number of hydrogen-bond acceptors (Lipinski definition) is 5. The van der Waals surface area contributed by atoms with Crippen LogP contribution in [0.25, 0.3) is 0 Å². The second-order valence-corrected chi connectivity index (χ2v) is 9.29. The van der Waals surface area contributed by atoms with E-state index in [1.54, 1.807) is 10.5 Å². The molecular weight excluding hydrogens is 400 g/mol. The summed E-state index contributed by atoms with van der Waals surface area (Å²) < 4.78 is 26.8. The maximum absolute atomic E-state index is 12.6. The van der Waals surface area contributed by atoms with E-state index in [-0.39, 0.29) is 16.6 Å². The van der Waals surface area contributed by atoms with Gasteiger partial charge in [0.05, 0.1) is 24.7 Å². The fourth-order valence-electron chi connectivity index (χ4n) is 3.70. The largest absolute Gasteiger partial charge is 0.369 e. The predicted octanol–water partition coefficient (Wildman–Crippen LogP) is 2.20. The number of benzene rings is 1. The van der Waals surface area contributed by atoms with Gasteiger partial charge in [0, 0.05) is 25.7 Å². The molecule has 28 heavy (non-hydrogen) atoms. The lowest BCUT2D eigenvalue weighted by molar-refractivity contribution is 0.285. The van der Waals surface area contributed by atoms with Gasteiger partial charge in [-0.3, -0.25) is 4.79 Å². The van der Waals surface area contributed by atoms with Gasteiger partial charge < -0.3 is 4.90 Å². The molecule has 2 heterocycles. The SMILES string of the molecule is CCN(C1CCN(c2cnn(Cc3ccccc3)c(=O)c2Cl)CC1)S(C)(=O)=O. The van der Waals surface area contributed by atoms with Crippen LogP contribution in [0.4, 0.5) is 5.69 Å². The molecule has 0 N–H and O–H groups in total. The van der Waals surface area contributed by atoms with Crippen molar-refractivity contribution in [1.29, 1.82) is 0 Å². The summed E-state index contributed by atoms with van der Waals surface area (Å²) in [5.74, 6) is 0. The third kappa shape index (κ3) is 4.56. The molecule has 0 saturated carbocycles. The van der Waals surface area contributed by atoms with Crippen LogP contribution < -0.4 is 10.5 Å². The van der Waals surface area contributed by atoms with E-state index in [2.05, 4.69) is 5.10 Å². The molecule has 0 atom stereocenters. The van der Waals surface area contributed by atoms with E-state index in [4.69, 9.17) is 11.6 Å². The van der Waals surface area contributed by atoms with E-state index in [1.165, 1.54) is 10.9 Å². The van der Waals surface area contributed by atoms with Crippen molar-refractivity contribution in [2.75, 3.05) is 30.8 Å². The summed E-state index contributed by atoms with van der Waals surface area (Å²) in [6, 6.07) is 9.58. The van der Waals surface area contributed by atoms with Crippen LogP contribution in [-0.4, -0.2) is 54.4 Å². The predicted molar refractivity (Wildman–Crippen MR) is 112 cm³/mol. The van der Waals surface area contributed by atoms with Crippen LogP contribution in [0.2, 0.25) is 5.02 Å². The Bertz CT molecular complexity index is 970. The van der Waals surface area contributed by atoms with Gasteiger partial charge in [-0.1, -0.05) is 48.9 Å². The highest BCUT2D eigenvalue weighted by molar-refractivity contribution is 7.88. The van der Waals surface area contributed by atoms with Crippen molar-refractivity contribution in [2.45, 2.75) is 32.4 Å². The zero-order valence-corrected chi connectivity index (χ0v) is 17.7. The van der Waals surface area contributed by atoms with E-state index in [1.807, 2.05) is 42.2 Å². The molecular formula is C19H25ClN4O3S. The van der Waals surface area contributed by atoms with Crippen LogP contribution in [-0.2, 0) is 16.6 Å². The van der Waals surface area contributed by atoms with E-state index in [9.17, 15) is 13.2 Å². The third-order valence-corrected chi connectivity index (χ3v) is 6.86. The molecule has 0 unspecified atom stereocenters. The Morgan fingerprint density at radius 3 is 2.43 bits per heavy atom. The number of aromatic nitrogens is 2. The van der Waals surface area contributed by atoms with Crippen molar-refractivity contribution in [3.05, 3.63) is 57.5 Å². The van der Waals surface area contributed by atoms with E-state index < -0.39 is 10.0 Å². The standard InChI is InChI=1S/C19H25ClN4O3S/c1-3-24(28(2,26)27)16-9-11-22(12-10-16)17-13-21-23(19(25)18(17)20)14-15-7-5-4-6-8-15/h4-8,13,16H,3,9-12,14H2,1-2H3. The molecule has 1 aromatic heterocycles. The molecule has 1 fully saturated rings. The second kappa shape index (κ2) is 8.63. The quantitative estimate of drug-likeness (QED) is 0.710. The highest BCUT2D eigenvalue weighted by Gasteiger charge is 2.30. The van der Waals surface area contributed by atoms with E-state index in [0.717, 1.165) is 5.56 Å². The molecule has 7 nitrogen and oxygen atoms in total. The van der Waals surface area contributed by atoms with Gasteiger partial charge in [0.2, 0.25) is 10.0 Å². The Labute approximate surface area is 170 Å². The van der Waals surface area contributed by atoms with Crippen molar-refractivity contribution < 1.29 is 8.42 Å². The molecule has 1 saturated heterocycles. The molecule has 0 radical (unpaired) electrons. The Morgan fingerprint density at radius 2 is 1.86 bits per heavy atom. The molecule has 1 aromatic carbocycles. The molecule has 0 spiro atoms. The first-order valence-corrected chi connectivity index (χ1v) is 11.5. The number of piperidine rings is 1. The maximum atomic E-state index is 12.6. The third-order valence-electron chi connectivity index (χ3n) is 5.09. The summed E-state index contributed by atoms with van der Waals surface area (Å²) in [6.45, 7) is 3.92. The molecule has 1 aliphatic rings. The van der Waals surface area contributed by atoms with Gasteiger partial charge >= 0.3 is 0 Å². The minimum Gasteiger partial charge on any atom is -0.369 e. The van der Waals surface area contributed by atoms with Gasteiger partial charge in [0.1, 0.15) is 5.02 Å². The summed E-state index contributed by atoms with van der Waals surface area (Å²) in [4.78, 5) is 14.7. The fourth-order valence-corrected chi connectivity index (χ4v) is 5.19. The minimum absolute atomic E-state index is 0.0264. The topological polar surface area (TPSA) is 75.5 Å². The normalized spacial score (nSPS) is 15.9. The summed E-state index contributed by atoms with van der Waals surface area (Å²) in [5, 5.41) is 4.44. The van der Waals surface area contributed by atoms with Gasteiger partial charge in [-0.2, -0.15) is 9.40 Å². The number of sulfonamides is 1. The molecule has 9 heteroatoms. The van der Waals surface area contributed by atoms with Gasteiger partial charge in [0.25, 0.3) is 5.56 Å². The van der Waals surface area contributed by atoms with Gasteiger partial charge in [-0.05, 0) is 18.4 Å². The average Bonchev–Trinajstić information content (AvgIpc) is 2.67. The molecule has 0 amide bonds. The highest BCUT2D eigenvalue weighted by atomic mass is 35.5. The van der Waals surface area contributed by atoms with Crippen LogP contribution in [0.3, 0.4) is 0 Å². The first-order valence-electron chi connectivity index (χ1n) is 9.32. The van der Waals surface area contributed by atoms with E-state index in [0.29, 0.717) is 44.7 Å². The summed E-state index contributed by atoms with van der Waals surface area (Å²) in [7, 11) is -3.22. The summed E-state index contributed by atoms with van der Waals surface area (Å²) in [5.41, 5.74) is 1.26. The van der Waals surface area contributed by atoms with Crippen molar-refractivity contribution in [1.82, 2.24) is 14.1 Å². The molecule has 2 aromatic rings. The lowest BCUT2D eigenvalue weighted by Crippen LogP contribution is -2.47. The molecule has 0 bridgehead atoms. The summed E-state index contributed by atoms with van der Waals surface area (Å²) in [6.07, 6.45) is 4.24. The van der Waals surface area contributed by atoms with Crippen molar-refractivity contribution >= 4 is 27.3 Å². The number of rotatable bonds is 6. The smallest absolute Gasteiger partial charge is 0.287 e. The zero-order chi connectivity index (χ0) is 20.3. The monoisotopic (exact) mass is 424 g/mol. The zero-order valence-electron chi connectivity index (χ0n) is 16.1. The number of nitrogens with zero attached hydrogens (tertiary/aromatic N) is 4. The average molecular weight is 425 g/mol. The lowest BCUT2D eigenvalue weighted by Gasteiger charge is -2.38. The van der Waals surface area contributed by atoms with Gasteiger partial charge in [-0.25, -0.2) is 13.1 Å². The Balaban J connectivity index is 1.73. The number of anilines is 1. The molecule has 152 valence electrons. The fraction of sp³-hybridized carbons (Fsp3) is 0.474. The Kier molecular flexibility index (Phi) is 6.42. The van der Waals surface area contributed by atoms with Crippen molar-refractivity contribution in [3.8, 4) is 0 Å². The van der Waals surface area contributed by atoms with Crippen molar-refractivity contribution in [2.24, 2.45) is 0 Å². The Hall–Kier alpha value is -1.90. The number of halogens is 1. The van der Waals surface area contributed by atoms with Crippen LogP contribution in [0.1, 0.15) is 25.3 Å². The summed E-state index contributed by atoms with van der Waals surface area (Å²) >= 11 is 6.38. The van der Waals surface area contributed by atoms with Crippen LogP contribution in [0, 0.1) is 0 Å². The highest BCUT2D eigenvalue weighted by Crippen LogP contribution is 2.27. The molecule has 3 rings (SSSR count). The van der Waals surface area contributed by atoms with Gasteiger partial charge in [0.15, 0.2) is 0 Å². The minimum atomic E-state index is -3.22. The van der Waals surface area contributed by atoms with Crippen LogP contribution in [0.5, 0.6) is 0 Å². The maximum Gasteiger partial charge on any atom is 0.287 e. The number of hydrogen-bond donors (Lipinski definition) is 0. The second-order valence-electron chi connectivity index (χ2n) is 6.98. The molecule has 0 aliphatic carbocycles. The molecule has 1 aliphatic heterocycles. The Morgan fingerprint density at radius 1 is 1.21 bits per heavy atom. The first kappa shape index (κ1) is 20.8. The first-order chi connectivity index (χ1) is 13.3. The van der Waals surface area contributed by atoms with Crippen LogP contribution in [0.15, 0.2) is 41.3 Å². The van der Waals surface area contributed by atoms with Crippen LogP contribution >= 0.6 is 11.6 Å².